The highest BCUT2D eigenvalue weighted by Gasteiger charge is 2.11. The number of carbonyl (C=O) groups is 1. The van der Waals surface area contributed by atoms with E-state index in [1.54, 1.807) is 38.4 Å². The molecule has 0 bridgehead atoms. The van der Waals surface area contributed by atoms with E-state index in [1.807, 2.05) is 35.1 Å². The number of thioether (sulfide) groups is 1. The van der Waals surface area contributed by atoms with Crippen molar-refractivity contribution in [1.82, 2.24) is 14.5 Å². The number of hydrogen-bond donors (Lipinski definition) is 0. The van der Waals surface area contributed by atoms with Crippen LogP contribution in [-0.2, 0) is 0 Å². The van der Waals surface area contributed by atoms with Crippen LogP contribution in [0.25, 0.3) is 5.69 Å². The van der Waals surface area contributed by atoms with Gasteiger partial charge in [0.15, 0.2) is 0 Å². The average molecular weight is 261 g/mol. The number of hydrogen-bond acceptors (Lipinski definition) is 3. The van der Waals surface area contributed by atoms with Crippen molar-refractivity contribution in [3.63, 3.8) is 0 Å². The minimum atomic E-state index is -0.0884. The average Bonchev–Trinajstić information content (AvgIpc) is 2.87. The van der Waals surface area contributed by atoms with Crippen LogP contribution in [0.1, 0.15) is 10.5 Å². The summed E-state index contributed by atoms with van der Waals surface area (Å²) in [4.78, 5) is 18.6. The van der Waals surface area contributed by atoms with Crippen LogP contribution in [0.5, 0.6) is 0 Å². The van der Waals surface area contributed by atoms with Gasteiger partial charge in [-0.25, -0.2) is 4.98 Å². The summed E-state index contributed by atoms with van der Waals surface area (Å²) in [6.07, 6.45) is 5.45. The summed E-state index contributed by atoms with van der Waals surface area (Å²) >= 11 is 1.70. The predicted octanol–water partition coefficient (Wildman–Crippen LogP) is 2.30. The molecule has 94 valence electrons. The number of carbonyl (C=O) groups excluding carboxylic acids is 1. The third-order valence-corrected chi connectivity index (χ3v) is 3.32. The Balaban J connectivity index is 2.26. The lowest BCUT2D eigenvalue weighted by atomic mass is 10.3. The standard InChI is InChI=1S/C13H15N3OS/c1-15(2)13(17)12-8-16(9-14-12)10-4-6-11(18-3)7-5-10/h4-9H,1-3H3. The van der Waals surface area contributed by atoms with Gasteiger partial charge in [0, 0.05) is 30.9 Å². The molecule has 0 unspecified atom stereocenters. The number of imidazole rings is 1. The summed E-state index contributed by atoms with van der Waals surface area (Å²) < 4.78 is 1.85. The lowest BCUT2D eigenvalue weighted by Crippen LogP contribution is -2.21. The van der Waals surface area contributed by atoms with Crippen LogP contribution in [0.3, 0.4) is 0 Å². The van der Waals surface area contributed by atoms with Gasteiger partial charge in [0.1, 0.15) is 12.0 Å². The number of benzene rings is 1. The molecule has 18 heavy (non-hydrogen) atoms. The lowest BCUT2D eigenvalue weighted by Gasteiger charge is -2.06. The summed E-state index contributed by atoms with van der Waals surface area (Å²) in [5.74, 6) is -0.0884. The van der Waals surface area contributed by atoms with E-state index in [9.17, 15) is 4.79 Å². The first-order valence-corrected chi connectivity index (χ1v) is 6.74. The molecule has 0 radical (unpaired) electrons. The Labute approximate surface area is 111 Å². The Morgan fingerprint density at radius 1 is 1.28 bits per heavy atom. The molecule has 2 aromatic rings. The first-order chi connectivity index (χ1) is 8.61. The maximum atomic E-state index is 11.7. The molecule has 5 heteroatoms. The van der Waals surface area contributed by atoms with Crippen LogP contribution in [0.4, 0.5) is 0 Å². The summed E-state index contributed by atoms with van der Waals surface area (Å²) in [6, 6.07) is 8.12. The number of nitrogens with zero attached hydrogens (tertiary/aromatic N) is 3. The zero-order valence-corrected chi connectivity index (χ0v) is 11.4. The molecule has 0 aliphatic heterocycles. The van der Waals surface area contributed by atoms with Crippen LogP contribution >= 0.6 is 11.8 Å². The van der Waals surface area contributed by atoms with Gasteiger partial charge in [0.2, 0.25) is 0 Å². The lowest BCUT2D eigenvalue weighted by molar-refractivity contribution is 0.0822. The second-order valence-electron chi connectivity index (χ2n) is 4.06. The smallest absolute Gasteiger partial charge is 0.273 e. The van der Waals surface area contributed by atoms with E-state index in [0.717, 1.165) is 5.69 Å². The number of aromatic nitrogens is 2. The summed E-state index contributed by atoms with van der Waals surface area (Å²) in [7, 11) is 3.43. The quantitative estimate of drug-likeness (QED) is 0.796. The van der Waals surface area contributed by atoms with E-state index < -0.39 is 0 Å². The van der Waals surface area contributed by atoms with Crippen molar-refractivity contribution in [1.29, 1.82) is 0 Å². The molecule has 0 saturated carbocycles. The van der Waals surface area contributed by atoms with Crippen molar-refractivity contribution in [2.24, 2.45) is 0 Å². The Bertz CT molecular complexity index is 546. The van der Waals surface area contributed by atoms with Crippen LogP contribution in [-0.4, -0.2) is 40.7 Å². The fraction of sp³-hybridized carbons (Fsp3) is 0.231. The van der Waals surface area contributed by atoms with Crippen molar-refractivity contribution in [2.75, 3.05) is 20.4 Å². The fourth-order valence-corrected chi connectivity index (χ4v) is 1.97. The molecule has 0 saturated heterocycles. The van der Waals surface area contributed by atoms with Gasteiger partial charge in [-0.15, -0.1) is 11.8 Å². The van der Waals surface area contributed by atoms with Crippen molar-refractivity contribution in [3.8, 4) is 5.69 Å². The van der Waals surface area contributed by atoms with Crippen LogP contribution in [0, 0.1) is 0 Å². The second-order valence-corrected chi connectivity index (χ2v) is 4.94. The van der Waals surface area contributed by atoms with E-state index in [0.29, 0.717) is 5.69 Å². The third kappa shape index (κ3) is 2.56. The van der Waals surface area contributed by atoms with Crippen molar-refractivity contribution >= 4 is 17.7 Å². The molecule has 1 amide bonds. The molecular weight excluding hydrogens is 246 g/mol. The van der Waals surface area contributed by atoms with Crippen LogP contribution in [0.2, 0.25) is 0 Å². The largest absolute Gasteiger partial charge is 0.343 e. The topological polar surface area (TPSA) is 38.1 Å². The highest BCUT2D eigenvalue weighted by atomic mass is 32.2. The molecule has 0 atom stereocenters. The van der Waals surface area contributed by atoms with Crippen molar-refractivity contribution < 1.29 is 4.79 Å². The first kappa shape index (κ1) is 12.7. The molecule has 0 fully saturated rings. The zero-order chi connectivity index (χ0) is 13.1. The van der Waals surface area contributed by atoms with Crippen LogP contribution in [0.15, 0.2) is 41.7 Å². The van der Waals surface area contributed by atoms with Gasteiger partial charge in [0.05, 0.1) is 0 Å². The maximum absolute atomic E-state index is 11.7. The molecule has 1 heterocycles. The molecule has 1 aromatic heterocycles. The summed E-state index contributed by atoms with van der Waals surface area (Å²) in [6.45, 7) is 0. The zero-order valence-electron chi connectivity index (χ0n) is 10.6. The van der Waals surface area contributed by atoms with Crippen molar-refractivity contribution in [2.45, 2.75) is 4.90 Å². The van der Waals surface area contributed by atoms with Gasteiger partial charge < -0.3 is 9.47 Å². The van der Waals surface area contributed by atoms with Crippen molar-refractivity contribution in [3.05, 3.63) is 42.5 Å². The maximum Gasteiger partial charge on any atom is 0.273 e. The van der Waals surface area contributed by atoms with Gasteiger partial charge in [-0.05, 0) is 30.5 Å². The van der Waals surface area contributed by atoms with E-state index in [4.69, 9.17) is 0 Å². The van der Waals surface area contributed by atoms with Gasteiger partial charge >= 0.3 is 0 Å². The van der Waals surface area contributed by atoms with E-state index in [2.05, 4.69) is 4.98 Å². The Kier molecular flexibility index (Phi) is 3.72. The van der Waals surface area contributed by atoms with E-state index in [1.165, 1.54) is 9.80 Å². The molecule has 4 nitrogen and oxygen atoms in total. The molecule has 0 aliphatic carbocycles. The summed E-state index contributed by atoms with van der Waals surface area (Å²) in [5, 5.41) is 0. The van der Waals surface area contributed by atoms with Gasteiger partial charge in [-0.3, -0.25) is 4.79 Å². The normalized spacial score (nSPS) is 10.4. The number of amides is 1. The van der Waals surface area contributed by atoms with E-state index in [-0.39, 0.29) is 5.91 Å². The van der Waals surface area contributed by atoms with Gasteiger partial charge in [-0.2, -0.15) is 0 Å². The third-order valence-electron chi connectivity index (χ3n) is 2.58. The fourth-order valence-electron chi connectivity index (χ4n) is 1.56. The van der Waals surface area contributed by atoms with Crippen LogP contribution < -0.4 is 0 Å². The molecular formula is C13H15N3OS. The first-order valence-electron chi connectivity index (χ1n) is 5.52. The molecule has 0 N–H and O–H groups in total. The highest BCUT2D eigenvalue weighted by molar-refractivity contribution is 7.98. The Morgan fingerprint density at radius 2 is 1.94 bits per heavy atom. The minimum Gasteiger partial charge on any atom is -0.343 e. The molecule has 0 aliphatic rings. The molecule has 0 spiro atoms. The van der Waals surface area contributed by atoms with Gasteiger partial charge in [-0.1, -0.05) is 0 Å². The minimum absolute atomic E-state index is 0.0884. The monoisotopic (exact) mass is 261 g/mol. The Morgan fingerprint density at radius 3 is 2.50 bits per heavy atom. The van der Waals surface area contributed by atoms with Gasteiger partial charge in [0.25, 0.3) is 5.91 Å². The summed E-state index contributed by atoms with van der Waals surface area (Å²) in [5.41, 5.74) is 1.45. The predicted molar refractivity (Wildman–Crippen MR) is 73.4 cm³/mol. The van der Waals surface area contributed by atoms with E-state index >= 15 is 0 Å². The Hall–Kier alpha value is -1.75. The second kappa shape index (κ2) is 5.27. The highest BCUT2D eigenvalue weighted by Crippen LogP contribution is 2.17. The molecule has 2 rings (SSSR count). The number of rotatable bonds is 3. The SMILES string of the molecule is CSc1ccc(-n2cnc(C(=O)N(C)C)c2)cc1. The molecule has 1 aromatic carbocycles.